The van der Waals surface area contributed by atoms with Crippen LogP contribution >= 0.6 is 0 Å². The second-order valence-corrected chi connectivity index (χ2v) is 5.97. The molecule has 0 bridgehead atoms. The molecule has 1 heterocycles. The SMILES string of the molecule is COc1cccc(F)c1C(=O)N(C)CC(=O)N1CCC(C(=O)O)CC1. The Morgan fingerprint density at radius 1 is 1.32 bits per heavy atom. The first kappa shape index (κ1) is 18.7. The molecule has 0 aromatic heterocycles. The van der Waals surface area contributed by atoms with E-state index in [-0.39, 0.29) is 23.8 Å². The first-order valence-electron chi connectivity index (χ1n) is 7.93. The zero-order valence-corrected chi connectivity index (χ0v) is 14.2. The van der Waals surface area contributed by atoms with Gasteiger partial charge in [0.1, 0.15) is 17.1 Å². The van der Waals surface area contributed by atoms with Crippen molar-refractivity contribution >= 4 is 17.8 Å². The molecule has 0 unspecified atom stereocenters. The van der Waals surface area contributed by atoms with Crippen LogP contribution < -0.4 is 4.74 Å². The van der Waals surface area contributed by atoms with Gasteiger partial charge in [0.2, 0.25) is 5.91 Å². The van der Waals surface area contributed by atoms with Gasteiger partial charge in [-0.2, -0.15) is 0 Å². The number of likely N-dealkylation sites (N-methyl/N-ethyl adjacent to an activating group) is 1. The average molecular weight is 352 g/mol. The van der Waals surface area contributed by atoms with Crippen molar-refractivity contribution in [2.24, 2.45) is 5.92 Å². The Bertz CT molecular complexity index is 671. The number of halogens is 1. The molecule has 0 aliphatic carbocycles. The van der Waals surface area contributed by atoms with E-state index >= 15 is 0 Å². The van der Waals surface area contributed by atoms with E-state index in [4.69, 9.17) is 9.84 Å². The molecule has 8 heteroatoms. The van der Waals surface area contributed by atoms with Crippen LogP contribution in [-0.4, -0.2) is 66.5 Å². The summed E-state index contributed by atoms with van der Waals surface area (Å²) >= 11 is 0. The number of amides is 2. The number of carbonyl (C=O) groups is 3. The smallest absolute Gasteiger partial charge is 0.306 e. The highest BCUT2D eigenvalue weighted by molar-refractivity contribution is 5.98. The third-order valence-corrected chi connectivity index (χ3v) is 4.33. The predicted octanol–water partition coefficient (Wildman–Crippen LogP) is 1.23. The van der Waals surface area contributed by atoms with E-state index in [0.717, 1.165) is 11.0 Å². The highest BCUT2D eigenvalue weighted by Gasteiger charge is 2.29. The fourth-order valence-electron chi connectivity index (χ4n) is 2.82. The predicted molar refractivity (Wildman–Crippen MR) is 86.9 cm³/mol. The van der Waals surface area contributed by atoms with E-state index in [1.807, 2.05) is 0 Å². The van der Waals surface area contributed by atoms with Crippen molar-refractivity contribution < 1.29 is 28.6 Å². The summed E-state index contributed by atoms with van der Waals surface area (Å²) in [4.78, 5) is 38.4. The Morgan fingerprint density at radius 3 is 2.52 bits per heavy atom. The number of hydrogen-bond donors (Lipinski definition) is 1. The van der Waals surface area contributed by atoms with Gasteiger partial charge in [0.05, 0.1) is 19.6 Å². The van der Waals surface area contributed by atoms with Gasteiger partial charge in [-0.05, 0) is 25.0 Å². The molecule has 0 spiro atoms. The van der Waals surface area contributed by atoms with E-state index in [1.165, 1.54) is 31.2 Å². The first-order chi connectivity index (χ1) is 11.8. The maximum Gasteiger partial charge on any atom is 0.306 e. The van der Waals surface area contributed by atoms with Gasteiger partial charge in [0.15, 0.2) is 0 Å². The Hall–Kier alpha value is -2.64. The number of rotatable bonds is 5. The molecule has 0 atom stereocenters. The van der Waals surface area contributed by atoms with Crippen molar-refractivity contribution in [3.63, 3.8) is 0 Å². The summed E-state index contributed by atoms with van der Waals surface area (Å²) in [6.07, 6.45) is 0.778. The number of likely N-dealkylation sites (tertiary alicyclic amines) is 1. The molecule has 1 saturated heterocycles. The van der Waals surface area contributed by atoms with Gasteiger partial charge in [0, 0.05) is 20.1 Å². The molecule has 1 N–H and O–H groups in total. The van der Waals surface area contributed by atoms with Gasteiger partial charge in [-0.15, -0.1) is 0 Å². The maximum atomic E-state index is 14.0. The Labute approximate surface area is 145 Å². The molecule has 1 aromatic carbocycles. The first-order valence-corrected chi connectivity index (χ1v) is 7.93. The number of carbonyl (C=O) groups excluding carboxylic acids is 2. The average Bonchev–Trinajstić information content (AvgIpc) is 2.60. The Kier molecular flexibility index (Phi) is 5.95. The largest absolute Gasteiger partial charge is 0.496 e. The molecular formula is C17H21FN2O5. The van der Waals surface area contributed by atoms with E-state index < -0.39 is 23.6 Å². The van der Waals surface area contributed by atoms with Gasteiger partial charge < -0.3 is 19.6 Å². The lowest BCUT2D eigenvalue weighted by atomic mass is 9.97. The minimum atomic E-state index is -0.856. The lowest BCUT2D eigenvalue weighted by Gasteiger charge is -2.31. The molecule has 25 heavy (non-hydrogen) atoms. The molecular weight excluding hydrogens is 331 g/mol. The number of hydrogen-bond acceptors (Lipinski definition) is 4. The number of benzene rings is 1. The summed E-state index contributed by atoms with van der Waals surface area (Å²) in [7, 11) is 2.75. The lowest BCUT2D eigenvalue weighted by Crippen LogP contribution is -2.45. The van der Waals surface area contributed by atoms with E-state index in [9.17, 15) is 18.8 Å². The van der Waals surface area contributed by atoms with E-state index in [2.05, 4.69) is 0 Å². The van der Waals surface area contributed by atoms with Gasteiger partial charge in [-0.1, -0.05) is 6.07 Å². The van der Waals surface area contributed by atoms with Crippen LogP contribution in [0.25, 0.3) is 0 Å². The third-order valence-electron chi connectivity index (χ3n) is 4.33. The van der Waals surface area contributed by atoms with Gasteiger partial charge >= 0.3 is 5.97 Å². The minimum absolute atomic E-state index is 0.103. The summed E-state index contributed by atoms with van der Waals surface area (Å²) in [5.74, 6) is -2.85. The van der Waals surface area contributed by atoms with Crippen molar-refractivity contribution in [3.05, 3.63) is 29.6 Å². The van der Waals surface area contributed by atoms with Crippen LogP contribution in [0.15, 0.2) is 18.2 Å². The van der Waals surface area contributed by atoms with Crippen LogP contribution in [0.2, 0.25) is 0 Å². The number of ether oxygens (including phenoxy) is 1. The second kappa shape index (κ2) is 7.96. The normalized spacial score (nSPS) is 14.9. The summed E-state index contributed by atoms with van der Waals surface area (Å²) in [6, 6.07) is 4.06. The molecule has 0 radical (unpaired) electrons. The summed E-state index contributed by atoms with van der Waals surface area (Å²) in [5.41, 5.74) is -0.218. The number of aliphatic carboxylic acids is 1. The molecule has 2 rings (SSSR count). The second-order valence-electron chi connectivity index (χ2n) is 5.97. The van der Waals surface area contributed by atoms with Crippen molar-refractivity contribution in [2.45, 2.75) is 12.8 Å². The lowest BCUT2D eigenvalue weighted by molar-refractivity contribution is -0.145. The third kappa shape index (κ3) is 4.26. The van der Waals surface area contributed by atoms with Crippen LogP contribution in [0.3, 0.4) is 0 Å². The maximum absolute atomic E-state index is 14.0. The van der Waals surface area contributed by atoms with Gasteiger partial charge in [0.25, 0.3) is 5.91 Å². The summed E-state index contributed by atoms with van der Waals surface area (Å²) in [5, 5.41) is 8.98. The van der Waals surface area contributed by atoms with Gasteiger partial charge in [-0.3, -0.25) is 14.4 Å². The Balaban J connectivity index is 2.00. The van der Waals surface area contributed by atoms with E-state index in [1.54, 1.807) is 0 Å². The topological polar surface area (TPSA) is 87.2 Å². The number of nitrogens with zero attached hydrogens (tertiary/aromatic N) is 2. The summed E-state index contributed by atoms with van der Waals surface area (Å²) in [6.45, 7) is 0.454. The van der Waals surface area contributed by atoms with Crippen molar-refractivity contribution in [3.8, 4) is 5.75 Å². The van der Waals surface area contributed by atoms with E-state index in [0.29, 0.717) is 25.9 Å². The molecule has 1 aliphatic heterocycles. The fraction of sp³-hybridized carbons (Fsp3) is 0.471. The zero-order valence-electron chi connectivity index (χ0n) is 14.2. The van der Waals surface area contributed by atoms with Gasteiger partial charge in [-0.25, -0.2) is 4.39 Å². The van der Waals surface area contributed by atoms with Crippen molar-refractivity contribution in [1.82, 2.24) is 9.80 Å². The zero-order chi connectivity index (χ0) is 18.6. The van der Waals surface area contributed by atoms with Crippen LogP contribution in [0.5, 0.6) is 5.75 Å². The molecule has 136 valence electrons. The fourth-order valence-corrected chi connectivity index (χ4v) is 2.82. The van der Waals surface area contributed by atoms with Crippen molar-refractivity contribution in [1.29, 1.82) is 0 Å². The van der Waals surface area contributed by atoms with Crippen LogP contribution in [0.1, 0.15) is 23.2 Å². The number of carboxylic acids is 1. The minimum Gasteiger partial charge on any atom is -0.496 e. The standard InChI is InChI=1S/C17H21FN2O5/c1-19(16(22)15-12(18)4-3-5-13(15)25-2)10-14(21)20-8-6-11(7-9-20)17(23)24/h3-5,11H,6-10H2,1-2H3,(H,23,24). The highest BCUT2D eigenvalue weighted by Crippen LogP contribution is 2.23. The number of piperidine rings is 1. The van der Waals surface area contributed by atoms with Crippen molar-refractivity contribution in [2.75, 3.05) is 33.8 Å². The van der Waals surface area contributed by atoms with Crippen LogP contribution in [0, 0.1) is 11.7 Å². The molecule has 7 nitrogen and oxygen atoms in total. The van der Waals surface area contributed by atoms with Crippen LogP contribution in [-0.2, 0) is 9.59 Å². The number of methoxy groups -OCH3 is 1. The highest BCUT2D eigenvalue weighted by atomic mass is 19.1. The Morgan fingerprint density at radius 2 is 1.96 bits per heavy atom. The molecule has 0 saturated carbocycles. The quantitative estimate of drug-likeness (QED) is 0.861. The van der Waals surface area contributed by atoms with Crippen LogP contribution in [0.4, 0.5) is 4.39 Å². The molecule has 2 amide bonds. The number of carboxylic acid groups (broad SMARTS) is 1. The molecule has 1 aliphatic rings. The summed E-state index contributed by atoms with van der Waals surface area (Å²) < 4.78 is 19.0. The molecule has 1 fully saturated rings. The monoisotopic (exact) mass is 352 g/mol. The molecule has 1 aromatic rings.